The number of nitrogens with two attached hydrogens (primary N) is 1. The van der Waals surface area contributed by atoms with E-state index in [1.165, 1.54) is 0 Å². The van der Waals surface area contributed by atoms with Crippen molar-refractivity contribution in [3.63, 3.8) is 0 Å². The fourth-order valence-electron chi connectivity index (χ4n) is 1.65. The molecule has 0 aromatic heterocycles. The number of benzene rings is 2. The van der Waals surface area contributed by atoms with Crippen LogP contribution >= 0.6 is 35.0 Å². The van der Waals surface area contributed by atoms with E-state index in [1.807, 2.05) is 24.3 Å². The van der Waals surface area contributed by atoms with Crippen molar-refractivity contribution in [2.45, 2.75) is 10.6 Å². The second kappa shape index (κ2) is 6.42. The SMILES string of the molecule is COc1ccc(Cl)cc1CSc1cc(N)ccc1Cl. The lowest BCUT2D eigenvalue weighted by Gasteiger charge is -2.10. The summed E-state index contributed by atoms with van der Waals surface area (Å²) in [6.07, 6.45) is 0. The van der Waals surface area contributed by atoms with Gasteiger partial charge in [-0.15, -0.1) is 11.8 Å². The molecule has 0 saturated carbocycles. The first kappa shape index (κ1) is 14.4. The van der Waals surface area contributed by atoms with Gasteiger partial charge >= 0.3 is 0 Å². The van der Waals surface area contributed by atoms with Crippen molar-refractivity contribution < 1.29 is 4.74 Å². The monoisotopic (exact) mass is 313 g/mol. The summed E-state index contributed by atoms with van der Waals surface area (Å²) in [7, 11) is 1.64. The fraction of sp³-hybridized carbons (Fsp3) is 0.143. The van der Waals surface area contributed by atoms with Crippen molar-refractivity contribution >= 4 is 40.7 Å². The van der Waals surface area contributed by atoms with Gasteiger partial charge < -0.3 is 10.5 Å². The summed E-state index contributed by atoms with van der Waals surface area (Å²) in [5, 5.41) is 1.38. The second-order valence-electron chi connectivity index (χ2n) is 3.93. The summed E-state index contributed by atoms with van der Waals surface area (Å²) >= 11 is 13.7. The van der Waals surface area contributed by atoms with Gasteiger partial charge in [0.05, 0.1) is 12.1 Å². The molecule has 2 rings (SSSR count). The van der Waals surface area contributed by atoms with E-state index in [0.29, 0.717) is 21.5 Å². The molecule has 0 aliphatic heterocycles. The van der Waals surface area contributed by atoms with Gasteiger partial charge in [-0.25, -0.2) is 0 Å². The Balaban J connectivity index is 2.18. The Bertz CT molecular complexity index is 590. The predicted octanol–water partition coefficient (Wildman–Crippen LogP) is 4.88. The van der Waals surface area contributed by atoms with Gasteiger partial charge in [-0.05, 0) is 36.4 Å². The van der Waals surface area contributed by atoms with Gasteiger partial charge in [0.15, 0.2) is 0 Å². The molecule has 19 heavy (non-hydrogen) atoms. The Hall–Kier alpha value is -1.03. The van der Waals surface area contributed by atoms with E-state index >= 15 is 0 Å². The van der Waals surface area contributed by atoms with E-state index in [1.54, 1.807) is 31.0 Å². The van der Waals surface area contributed by atoms with Crippen LogP contribution in [-0.4, -0.2) is 7.11 Å². The first-order valence-corrected chi connectivity index (χ1v) is 7.34. The number of thioether (sulfide) groups is 1. The van der Waals surface area contributed by atoms with Crippen LogP contribution in [0.4, 0.5) is 5.69 Å². The largest absolute Gasteiger partial charge is 0.496 e. The molecule has 0 saturated heterocycles. The third-order valence-corrected chi connectivity index (χ3v) is 4.36. The van der Waals surface area contributed by atoms with Crippen LogP contribution in [0.15, 0.2) is 41.3 Å². The molecule has 100 valence electrons. The molecule has 0 spiro atoms. The molecule has 0 aliphatic rings. The highest BCUT2D eigenvalue weighted by atomic mass is 35.5. The summed E-state index contributed by atoms with van der Waals surface area (Å²) in [5.74, 6) is 1.53. The van der Waals surface area contributed by atoms with Crippen LogP contribution in [0, 0.1) is 0 Å². The van der Waals surface area contributed by atoms with E-state index in [4.69, 9.17) is 33.7 Å². The molecule has 0 heterocycles. The standard InChI is InChI=1S/C14H13Cl2NOS/c1-18-13-5-2-10(15)6-9(13)8-19-14-7-11(17)3-4-12(14)16/h2-7H,8,17H2,1H3. The molecule has 0 unspecified atom stereocenters. The molecule has 5 heteroatoms. The average Bonchev–Trinajstić information content (AvgIpc) is 2.40. The van der Waals surface area contributed by atoms with Crippen molar-refractivity contribution in [3.8, 4) is 5.75 Å². The average molecular weight is 314 g/mol. The maximum Gasteiger partial charge on any atom is 0.123 e. The van der Waals surface area contributed by atoms with Crippen LogP contribution in [0.25, 0.3) is 0 Å². The topological polar surface area (TPSA) is 35.2 Å². The number of rotatable bonds is 4. The van der Waals surface area contributed by atoms with Crippen LogP contribution < -0.4 is 10.5 Å². The molecule has 0 bridgehead atoms. The molecular formula is C14H13Cl2NOS. The molecular weight excluding hydrogens is 301 g/mol. The van der Waals surface area contributed by atoms with Crippen molar-refractivity contribution in [1.29, 1.82) is 0 Å². The van der Waals surface area contributed by atoms with Crippen LogP contribution in [0.3, 0.4) is 0 Å². The van der Waals surface area contributed by atoms with E-state index in [2.05, 4.69) is 0 Å². The molecule has 0 atom stereocenters. The zero-order valence-corrected chi connectivity index (χ0v) is 12.6. The quantitative estimate of drug-likeness (QED) is 0.645. The van der Waals surface area contributed by atoms with Gasteiger partial charge in [0, 0.05) is 26.9 Å². The minimum Gasteiger partial charge on any atom is -0.496 e. The highest BCUT2D eigenvalue weighted by molar-refractivity contribution is 7.98. The Morgan fingerprint density at radius 3 is 2.68 bits per heavy atom. The zero-order chi connectivity index (χ0) is 13.8. The predicted molar refractivity (Wildman–Crippen MR) is 83.4 cm³/mol. The van der Waals surface area contributed by atoms with Crippen LogP contribution in [0.1, 0.15) is 5.56 Å². The molecule has 2 nitrogen and oxygen atoms in total. The maximum absolute atomic E-state index is 6.13. The molecule has 0 aliphatic carbocycles. The van der Waals surface area contributed by atoms with Crippen molar-refractivity contribution in [2.24, 2.45) is 0 Å². The summed E-state index contributed by atoms with van der Waals surface area (Å²) < 4.78 is 5.31. The number of methoxy groups -OCH3 is 1. The third-order valence-electron chi connectivity index (χ3n) is 2.58. The van der Waals surface area contributed by atoms with E-state index in [9.17, 15) is 0 Å². The number of hydrogen-bond acceptors (Lipinski definition) is 3. The second-order valence-corrected chi connectivity index (χ2v) is 5.80. The minimum absolute atomic E-state index is 0.690. The van der Waals surface area contributed by atoms with Crippen LogP contribution in [-0.2, 0) is 5.75 Å². The zero-order valence-electron chi connectivity index (χ0n) is 10.3. The van der Waals surface area contributed by atoms with Crippen LogP contribution in [0.2, 0.25) is 10.0 Å². The van der Waals surface area contributed by atoms with Gasteiger partial charge in [0.25, 0.3) is 0 Å². The fourth-order valence-corrected chi connectivity index (χ4v) is 3.08. The Kier molecular flexibility index (Phi) is 4.86. The lowest BCUT2D eigenvalue weighted by molar-refractivity contribution is 0.411. The first-order chi connectivity index (χ1) is 9.10. The number of ether oxygens (including phenoxy) is 1. The maximum atomic E-state index is 6.13. The number of anilines is 1. The highest BCUT2D eigenvalue weighted by Crippen LogP contribution is 2.34. The molecule has 2 aromatic carbocycles. The van der Waals surface area contributed by atoms with E-state index in [0.717, 1.165) is 16.2 Å². The lowest BCUT2D eigenvalue weighted by atomic mass is 10.2. The molecule has 0 amide bonds. The van der Waals surface area contributed by atoms with E-state index < -0.39 is 0 Å². The Labute approximate surface area is 126 Å². The van der Waals surface area contributed by atoms with Crippen molar-refractivity contribution in [3.05, 3.63) is 52.0 Å². The molecule has 0 radical (unpaired) electrons. The molecule has 0 fully saturated rings. The number of nitrogen functional groups attached to an aromatic ring is 1. The normalized spacial score (nSPS) is 10.5. The minimum atomic E-state index is 0.690. The van der Waals surface area contributed by atoms with E-state index in [-0.39, 0.29) is 0 Å². The number of halogens is 2. The van der Waals surface area contributed by atoms with Gasteiger partial charge in [-0.3, -0.25) is 0 Å². The number of hydrogen-bond donors (Lipinski definition) is 1. The Morgan fingerprint density at radius 1 is 1.16 bits per heavy atom. The van der Waals surface area contributed by atoms with Crippen molar-refractivity contribution in [1.82, 2.24) is 0 Å². The van der Waals surface area contributed by atoms with Gasteiger partial charge in [0.2, 0.25) is 0 Å². The van der Waals surface area contributed by atoms with Crippen molar-refractivity contribution in [2.75, 3.05) is 12.8 Å². The smallest absolute Gasteiger partial charge is 0.123 e. The summed E-state index contributed by atoms with van der Waals surface area (Å²) in [6.45, 7) is 0. The summed E-state index contributed by atoms with van der Waals surface area (Å²) in [4.78, 5) is 0.948. The third kappa shape index (κ3) is 3.72. The highest BCUT2D eigenvalue weighted by Gasteiger charge is 2.07. The molecule has 2 aromatic rings. The summed E-state index contributed by atoms with van der Waals surface area (Å²) in [6, 6.07) is 11.0. The molecule has 2 N–H and O–H groups in total. The Morgan fingerprint density at radius 2 is 1.95 bits per heavy atom. The van der Waals surface area contributed by atoms with Gasteiger partial charge in [-0.1, -0.05) is 23.2 Å². The van der Waals surface area contributed by atoms with Gasteiger partial charge in [0.1, 0.15) is 5.75 Å². The summed E-state index contributed by atoms with van der Waals surface area (Å²) in [5.41, 5.74) is 7.48. The van der Waals surface area contributed by atoms with Gasteiger partial charge in [-0.2, -0.15) is 0 Å². The lowest BCUT2D eigenvalue weighted by Crippen LogP contribution is -1.91. The first-order valence-electron chi connectivity index (χ1n) is 5.60. The van der Waals surface area contributed by atoms with Crippen LogP contribution in [0.5, 0.6) is 5.75 Å².